The molecule has 1 aromatic rings. The van der Waals surface area contributed by atoms with E-state index in [1.165, 1.54) is 24.6 Å². The number of carbonyl (C=O) groups excluding carboxylic acids is 3. The number of benzene rings is 1. The van der Waals surface area contributed by atoms with Crippen molar-refractivity contribution >= 4 is 35.2 Å². The molecule has 0 aromatic heterocycles. The lowest BCUT2D eigenvalue weighted by atomic mass is 9.95. The van der Waals surface area contributed by atoms with E-state index in [4.69, 9.17) is 0 Å². The molecule has 0 bridgehead atoms. The van der Waals surface area contributed by atoms with Crippen LogP contribution in [-0.4, -0.2) is 54.1 Å². The smallest absolute Gasteiger partial charge is 0.253 e. The maximum Gasteiger partial charge on any atom is 0.253 e. The number of hydrogen-bond donors (Lipinski definition) is 1. The van der Waals surface area contributed by atoms with Gasteiger partial charge in [-0.1, -0.05) is 19.3 Å². The molecule has 156 valence electrons. The van der Waals surface area contributed by atoms with Gasteiger partial charge in [0.25, 0.3) is 5.91 Å². The van der Waals surface area contributed by atoms with Crippen molar-refractivity contribution in [2.75, 3.05) is 30.3 Å². The Bertz CT molecular complexity index is 786. The van der Waals surface area contributed by atoms with Crippen LogP contribution in [-0.2, 0) is 9.59 Å². The topological polar surface area (TPSA) is 69.7 Å². The van der Waals surface area contributed by atoms with Crippen LogP contribution in [0.4, 0.5) is 5.69 Å². The third kappa shape index (κ3) is 4.77. The van der Waals surface area contributed by atoms with E-state index in [1.54, 1.807) is 11.0 Å². The Hall–Kier alpha value is -2.02. The van der Waals surface area contributed by atoms with Crippen LogP contribution < -0.4 is 10.2 Å². The van der Waals surface area contributed by atoms with Gasteiger partial charge in [0, 0.05) is 29.6 Å². The zero-order valence-electron chi connectivity index (χ0n) is 16.8. The second-order valence-electron chi connectivity index (χ2n) is 8.21. The van der Waals surface area contributed by atoms with Crippen molar-refractivity contribution in [1.29, 1.82) is 0 Å². The Morgan fingerprint density at radius 2 is 1.76 bits per heavy atom. The highest BCUT2D eigenvalue weighted by Crippen LogP contribution is 2.36. The minimum absolute atomic E-state index is 0.0159. The molecule has 2 aliphatic heterocycles. The minimum Gasteiger partial charge on any atom is -0.352 e. The maximum atomic E-state index is 12.9. The highest BCUT2D eigenvalue weighted by molar-refractivity contribution is 8.00. The van der Waals surface area contributed by atoms with Crippen molar-refractivity contribution in [3.05, 3.63) is 23.8 Å². The Morgan fingerprint density at radius 3 is 2.52 bits per heavy atom. The van der Waals surface area contributed by atoms with Crippen molar-refractivity contribution in [3.63, 3.8) is 0 Å². The molecule has 2 fully saturated rings. The van der Waals surface area contributed by atoms with E-state index in [2.05, 4.69) is 5.32 Å². The average molecular weight is 416 g/mol. The van der Waals surface area contributed by atoms with Crippen molar-refractivity contribution in [2.24, 2.45) is 0 Å². The number of fused-ring (bicyclic) bond motifs is 1. The molecule has 29 heavy (non-hydrogen) atoms. The molecule has 2 heterocycles. The van der Waals surface area contributed by atoms with Gasteiger partial charge in [-0.2, -0.15) is 0 Å². The molecule has 4 rings (SSSR count). The highest BCUT2D eigenvalue weighted by atomic mass is 32.2. The van der Waals surface area contributed by atoms with Gasteiger partial charge in [-0.05, 0) is 50.3 Å². The number of piperidine rings is 1. The van der Waals surface area contributed by atoms with Gasteiger partial charge in [0.05, 0.1) is 11.4 Å². The maximum absolute atomic E-state index is 12.9. The van der Waals surface area contributed by atoms with Gasteiger partial charge in [0.2, 0.25) is 11.8 Å². The summed E-state index contributed by atoms with van der Waals surface area (Å²) in [6.07, 6.45) is 8.81. The van der Waals surface area contributed by atoms with Gasteiger partial charge in [0.1, 0.15) is 6.54 Å². The van der Waals surface area contributed by atoms with E-state index < -0.39 is 0 Å². The summed E-state index contributed by atoms with van der Waals surface area (Å²) in [7, 11) is 0. The fourth-order valence-corrected chi connectivity index (χ4v) is 5.37. The fraction of sp³-hybridized carbons (Fsp3) is 0.591. The van der Waals surface area contributed by atoms with Gasteiger partial charge in [-0.3, -0.25) is 14.4 Å². The van der Waals surface area contributed by atoms with Crippen LogP contribution in [0.3, 0.4) is 0 Å². The first kappa shape index (κ1) is 20.3. The van der Waals surface area contributed by atoms with Crippen LogP contribution in [0.5, 0.6) is 0 Å². The predicted molar refractivity (Wildman–Crippen MR) is 114 cm³/mol. The Morgan fingerprint density at radius 1 is 1.03 bits per heavy atom. The largest absolute Gasteiger partial charge is 0.352 e. The normalized spacial score (nSPS) is 20.3. The lowest BCUT2D eigenvalue weighted by Crippen LogP contribution is -2.46. The Labute approximate surface area is 176 Å². The molecule has 0 radical (unpaired) electrons. The summed E-state index contributed by atoms with van der Waals surface area (Å²) in [5.41, 5.74) is 1.28. The van der Waals surface area contributed by atoms with Crippen molar-refractivity contribution in [2.45, 2.75) is 62.3 Å². The highest BCUT2D eigenvalue weighted by Gasteiger charge is 2.29. The van der Waals surface area contributed by atoms with Gasteiger partial charge >= 0.3 is 0 Å². The summed E-state index contributed by atoms with van der Waals surface area (Å²) in [6, 6.07) is 5.77. The molecule has 7 heteroatoms. The molecule has 3 aliphatic rings. The molecular weight excluding hydrogens is 386 g/mol. The third-order valence-corrected chi connectivity index (χ3v) is 7.11. The lowest BCUT2D eigenvalue weighted by molar-refractivity contribution is -0.123. The number of rotatable bonds is 4. The van der Waals surface area contributed by atoms with E-state index >= 15 is 0 Å². The summed E-state index contributed by atoms with van der Waals surface area (Å²) in [5, 5.41) is 3.09. The average Bonchev–Trinajstić information content (AvgIpc) is 2.76. The van der Waals surface area contributed by atoms with Crippen molar-refractivity contribution in [1.82, 2.24) is 10.2 Å². The monoisotopic (exact) mass is 415 g/mol. The molecule has 1 saturated heterocycles. The first-order chi connectivity index (χ1) is 14.1. The number of carbonyl (C=O) groups is 3. The van der Waals surface area contributed by atoms with Crippen LogP contribution in [0, 0.1) is 0 Å². The second kappa shape index (κ2) is 9.20. The molecule has 6 nitrogen and oxygen atoms in total. The molecule has 1 aromatic carbocycles. The standard InChI is InChI=1S/C22H29N3O3S/c26-20(23-17-7-3-1-4-8-17)14-25-18-13-16(9-10-19(18)29-15-21(25)27)22(28)24-11-5-2-6-12-24/h9-10,13,17H,1-8,11-12,14-15H2,(H,23,26). The lowest BCUT2D eigenvalue weighted by Gasteiger charge is -2.31. The minimum atomic E-state index is -0.115. The molecular formula is C22H29N3O3S. The predicted octanol–water partition coefficient (Wildman–Crippen LogP) is 3.20. The van der Waals surface area contributed by atoms with Crippen molar-refractivity contribution in [3.8, 4) is 0 Å². The zero-order valence-corrected chi connectivity index (χ0v) is 17.6. The molecule has 0 unspecified atom stereocenters. The molecule has 0 atom stereocenters. The summed E-state index contributed by atoms with van der Waals surface area (Å²) >= 11 is 1.47. The van der Waals surface area contributed by atoms with Crippen LogP contribution >= 0.6 is 11.8 Å². The van der Waals surface area contributed by atoms with Crippen molar-refractivity contribution < 1.29 is 14.4 Å². The molecule has 1 N–H and O–H groups in total. The van der Waals surface area contributed by atoms with Crippen LogP contribution in [0.1, 0.15) is 61.7 Å². The first-order valence-electron chi connectivity index (χ1n) is 10.8. The first-order valence-corrected chi connectivity index (χ1v) is 11.8. The Balaban J connectivity index is 1.49. The van der Waals surface area contributed by atoms with Gasteiger partial charge < -0.3 is 15.1 Å². The van der Waals surface area contributed by atoms with E-state index in [0.717, 1.165) is 56.5 Å². The van der Waals surface area contributed by atoms with E-state index in [0.29, 0.717) is 17.0 Å². The second-order valence-corrected chi connectivity index (χ2v) is 9.22. The number of nitrogens with one attached hydrogen (secondary N) is 1. The van der Waals surface area contributed by atoms with Crippen LogP contribution in [0.25, 0.3) is 0 Å². The number of anilines is 1. The van der Waals surface area contributed by atoms with Crippen LogP contribution in [0.2, 0.25) is 0 Å². The van der Waals surface area contributed by atoms with Gasteiger partial charge in [-0.25, -0.2) is 0 Å². The molecule has 1 saturated carbocycles. The summed E-state index contributed by atoms with van der Waals surface area (Å²) < 4.78 is 0. The summed E-state index contributed by atoms with van der Waals surface area (Å²) in [5.74, 6) is 0.144. The number of thioether (sulfide) groups is 1. The summed E-state index contributed by atoms with van der Waals surface area (Å²) in [4.78, 5) is 42.5. The van der Waals surface area contributed by atoms with E-state index in [9.17, 15) is 14.4 Å². The van der Waals surface area contributed by atoms with E-state index in [-0.39, 0.29) is 30.3 Å². The molecule has 0 spiro atoms. The van der Waals surface area contributed by atoms with Crippen LogP contribution in [0.15, 0.2) is 23.1 Å². The zero-order chi connectivity index (χ0) is 20.2. The Kier molecular flexibility index (Phi) is 6.43. The SMILES string of the molecule is O=C(CN1C(=O)CSc2ccc(C(=O)N3CCCCC3)cc21)NC1CCCCC1. The van der Waals surface area contributed by atoms with E-state index in [1.807, 2.05) is 17.0 Å². The molecule has 1 aliphatic carbocycles. The fourth-order valence-electron chi connectivity index (χ4n) is 4.45. The van der Waals surface area contributed by atoms with Gasteiger partial charge in [0.15, 0.2) is 0 Å². The third-order valence-electron chi connectivity index (χ3n) is 6.06. The van der Waals surface area contributed by atoms with Gasteiger partial charge in [-0.15, -0.1) is 11.8 Å². The number of amides is 3. The number of hydrogen-bond acceptors (Lipinski definition) is 4. The number of likely N-dealkylation sites (tertiary alicyclic amines) is 1. The quantitative estimate of drug-likeness (QED) is 0.820. The summed E-state index contributed by atoms with van der Waals surface area (Å²) in [6.45, 7) is 1.60. The molecule has 3 amide bonds. The number of nitrogens with zero attached hydrogens (tertiary/aromatic N) is 2.